The van der Waals surface area contributed by atoms with Gasteiger partial charge in [0.25, 0.3) is 0 Å². The van der Waals surface area contributed by atoms with Crippen molar-refractivity contribution in [2.24, 2.45) is 0 Å². The molecule has 0 bridgehead atoms. The second-order valence-electron chi connectivity index (χ2n) is 6.60. The molecule has 5 rings (SSSR count). The zero-order valence-electron chi connectivity index (χ0n) is 16.3. The molecule has 4 heterocycles. The SMILES string of the molecule is Nc1nc(Cl)nc2[nH]cnc12.Nc1nc(Cl)nc2c1ncn2Cc1cccc(C(F)(F)F)c1. The number of rotatable bonds is 2. The Labute approximate surface area is 192 Å². The molecular formula is C18H13Cl2F3N10. The number of hydrogen-bond acceptors (Lipinski definition) is 8. The van der Waals surface area contributed by atoms with Gasteiger partial charge in [-0.1, -0.05) is 12.1 Å². The van der Waals surface area contributed by atoms with Crippen molar-refractivity contribution in [3.05, 3.63) is 58.6 Å². The fraction of sp³-hybridized carbons (Fsp3) is 0.111. The first kappa shape index (κ1) is 22.5. The minimum absolute atomic E-state index is 0.0456. The lowest BCUT2D eigenvalue weighted by Crippen LogP contribution is -2.07. The number of hydrogen-bond donors (Lipinski definition) is 3. The third-order valence-corrected chi connectivity index (χ3v) is 4.69. The van der Waals surface area contributed by atoms with Crippen LogP contribution in [0.4, 0.5) is 24.8 Å². The highest BCUT2D eigenvalue weighted by atomic mass is 35.5. The van der Waals surface area contributed by atoms with Gasteiger partial charge in [-0.05, 0) is 40.9 Å². The van der Waals surface area contributed by atoms with E-state index in [1.807, 2.05) is 0 Å². The van der Waals surface area contributed by atoms with Crippen LogP contribution in [0.1, 0.15) is 11.1 Å². The number of nitrogen functional groups attached to an aromatic ring is 2. The summed E-state index contributed by atoms with van der Waals surface area (Å²) in [5.41, 5.74) is 12.8. The van der Waals surface area contributed by atoms with E-state index in [1.54, 1.807) is 10.6 Å². The van der Waals surface area contributed by atoms with Gasteiger partial charge in [0.15, 0.2) is 22.9 Å². The van der Waals surface area contributed by atoms with Crippen LogP contribution in [0.15, 0.2) is 36.9 Å². The Kier molecular flexibility index (Phi) is 5.91. The van der Waals surface area contributed by atoms with E-state index in [2.05, 4.69) is 34.9 Å². The lowest BCUT2D eigenvalue weighted by atomic mass is 10.1. The third kappa shape index (κ3) is 4.88. The van der Waals surface area contributed by atoms with Crippen LogP contribution >= 0.6 is 23.2 Å². The summed E-state index contributed by atoms with van der Waals surface area (Å²) in [6.07, 6.45) is -1.46. The van der Waals surface area contributed by atoms with Crippen LogP contribution in [-0.2, 0) is 12.7 Å². The molecule has 5 aromatic rings. The molecule has 5 N–H and O–H groups in total. The Morgan fingerprint density at radius 2 is 1.64 bits per heavy atom. The van der Waals surface area contributed by atoms with Gasteiger partial charge in [-0.25, -0.2) is 9.97 Å². The van der Waals surface area contributed by atoms with E-state index >= 15 is 0 Å². The number of aromatic nitrogens is 8. The highest BCUT2D eigenvalue weighted by Crippen LogP contribution is 2.30. The number of nitrogens with one attached hydrogen (secondary N) is 1. The maximum atomic E-state index is 12.7. The smallest absolute Gasteiger partial charge is 0.382 e. The molecule has 0 saturated carbocycles. The second kappa shape index (κ2) is 8.67. The van der Waals surface area contributed by atoms with E-state index in [1.165, 1.54) is 18.7 Å². The van der Waals surface area contributed by atoms with Gasteiger partial charge in [-0.15, -0.1) is 0 Å². The lowest BCUT2D eigenvalue weighted by molar-refractivity contribution is -0.137. The van der Waals surface area contributed by atoms with Crippen LogP contribution < -0.4 is 11.5 Å². The number of benzene rings is 1. The molecule has 0 fully saturated rings. The Bertz CT molecular complexity index is 1450. The summed E-state index contributed by atoms with van der Waals surface area (Å²) in [6, 6.07) is 5.05. The number of imidazole rings is 2. The topological polar surface area (TPSA) is 150 Å². The Hall–Kier alpha value is -3.71. The first-order valence-corrected chi connectivity index (χ1v) is 9.79. The summed E-state index contributed by atoms with van der Waals surface area (Å²) in [5.74, 6) is 0.416. The Morgan fingerprint density at radius 3 is 2.36 bits per heavy atom. The molecule has 0 aliphatic heterocycles. The molecular weight excluding hydrogens is 484 g/mol. The minimum atomic E-state index is -4.39. The first-order chi connectivity index (χ1) is 15.6. The fourth-order valence-electron chi connectivity index (χ4n) is 2.93. The van der Waals surface area contributed by atoms with Gasteiger partial charge in [-0.3, -0.25) is 0 Å². The Morgan fingerprint density at radius 1 is 0.939 bits per heavy atom. The predicted molar refractivity (Wildman–Crippen MR) is 116 cm³/mol. The van der Waals surface area contributed by atoms with Crippen molar-refractivity contribution in [2.45, 2.75) is 12.7 Å². The second-order valence-corrected chi connectivity index (χ2v) is 7.27. The molecule has 15 heteroatoms. The van der Waals surface area contributed by atoms with Crippen molar-refractivity contribution in [1.82, 2.24) is 39.5 Å². The molecule has 4 aromatic heterocycles. The third-order valence-electron chi connectivity index (χ3n) is 4.35. The molecule has 33 heavy (non-hydrogen) atoms. The standard InChI is InChI=1S/C13H9ClF3N5.C5H4ClN5/c14-12-20-10(18)9-11(21-12)22(6-19-9)5-7-2-1-3-8(4-7)13(15,16)17;6-5-10-3(7)2-4(11-5)9-1-8-2/h1-4,6H,5H2,(H2,18,20,21);1H,(H3,7,8,9,10,11). The quantitative estimate of drug-likeness (QED) is 0.313. The van der Waals surface area contributed by atoms with Crippen molar-refractivity contribution in [1.29, 1.82) is 0 Å². The predicted octanol–water partition coefficient (Wildman–Crippen LogP) is 3.72. The van der Waals surface area contributed by atoms with E-state index in [0.29, 0.717) is 33.7 Å². The van der Waals surface area contributed by atoms with Gasteiger partial charge >= 0.3 is 6.18 Å². The van der Waals surface area contributed by atoms with Gasteiger partial charge in [-0.2, -0.15) is 33.1 Å². The number of fused-ring (bicyclic) bond motifs is 2. The summed E-state index contributed by atoms with van der Waals surface area (Å²) in [6.45, 7) is 0.160. The van der Waals surface area contributed by atoms with Crippen molar-refractivity contribution in [3.8, 4) is 0 Å². The molecule has 0 radical (unpaired) electrons. The minimum Gasteiger partial charge on any atom is -0.382 e. The van der Waals surface area contributed by atoms with Crippen LogP contribution in [-0.4, -0.2) is 39.5 Å². The monoisotopic (exact) mass is 496 g/mol. The molecule has 170 valence electrons. The maximum absolute atomic E-state index is 12.7. The van der Waals surface area contributed by atoms with Gasteiger partial charge in [0.1, 0.15) is 11.0 Å². The van der Waals surface area contributed by atoms with Crippen molar-refractivity contribution in [3.63, 3.8) is 0 Å². The highest BCUT2D eigenvalue weighted by molar-refractivity contribution is 6.29. The highest BCUT2D eigenvalue weighted by Gasteiger charge is 2.30. The largest absolute Gasteiger partial charge is 0.416 e. The van der Waals surface area contributed by atoms with E-state index in [0.717, 1.165) is 12.1 Å². The summed E-state index contributed by atoms with van der Waals surface area (Å²) < 4.78 is 39.8. The first-order valence-electron chi connectivity index (χ1n) is 9.04. The normalized spacial score (nSPS) is 11.5. The number of halogens is 5. The molecule has 1 aromatic carbocycles. The summed E-state index contributed by atoms with van der Waals surface area (Å²) in [4.78, 5) is 26.1. The zero-order chi connectivity index (χ0) is 23.8. The number of aromatic amines is 1. The molecule has 0 aliphatic carbocycles. The number of anilines is 2. The van der Waals surface area contributed by atoms with Gasteiger partial charge < -0.3 is 21.0 Å². The molecule has 0 spiro atoms. The van der Waals surface area contributed by atoms with Gasteiger partial charge in [0.2, 0.25) is 10.6 Å². The summed E-state index contributed by atoms with van der Waals surface area (Å²) in [7, 11) is 0. The molecule has 0 atom stereocenters. The molecule has 10 nitrogen and oxygen atoms in total. The molecule has 0 amide bonds. The van der Waals surface area contributed by atoms with E-state index in [-0.39, 0.29) is 22.9 Å². The van der Waals surface area contributed by atoms with Crippen molar-refractivity contribution in [2.75, 3.05) is 11.5 Å². The summed E-state index contributed by atoms with van der Waals surface area (Å²) in [5, 5.41) is 0.0787. The lowest BCUT2D eigenvalue weighted by Gasteiger charge is -2.09. The number of alkyl halides is 3. The van der Waals surface area contributed by atoms with Crippen molar-refractivity contribution >= 4 is 57.2 Å². The van der Waals surface area contributed by atoms with E-state index in [9.17, 15) is 13.2 Å². The number of nitrogens with zero attached hydrogens (tertiary/aromatic N) is 7. The number of H-pyrrole nitrogens is 1. The van der Waals surface area contributed by atoms with E-state index in [4.69, 9.17) is 34.7 Å². The summed E-state index contributed by atoms with van der Waals surface area (Å²) >= 11 is 11.3. The van der Waals surface area contributed by atoms with Crippen LogP contribution in [0.5, 0.6) is 0 Å². The maximum Gasteiger partial charge on any atom is 0.416 e. The molecule has 0 unspecified atom stereocenters. The van der Waals surface area contributed by atoms with E-state index < -0.39 is 11.7 Å². The number of nitrogens with two attached hydrogens (primary N) is 2. The average molecular weight is 497 g/mol. The van der Waals surface area contributed by atoms with Crippen molar-refractivity contribution < 1.29 is 13.2 Å². The molecule has 0 saturated heterocycles. The van der Waals surface area contributed by atoms with Crippen LogP contribution in [0, 0.1) is 0 Å². The zero-order valence-corrected chi connectivity index (χ0v) is 17.9. The van der Waals surface area contributed by atoms with Crippen LogP contribution in [0.2, 0.25) is 10.6 Å². The van der Waals surface area contributed by atoms with Crippen LogP contribution in [0.3, 0.4) is 0 Å². The fourth-order valence-corrected chi connectivity index (χ4v) is 3.27. The van der Waals surface area contributed by atoms with Gasteiger partial charge in [0, 0.05) is 0 Å². The molecule has 0 aliphatic rings. The van der Waals surface area contributed by atoms with Gasteiger partial charge in [0.05, 0.1) is 24.8 Å². The van der Waals surface area contributed by atoms with Crippen LogP contribution in [0.25, 0.3) is 22.3 Å². The average Bonchev–Trinajstić information content (AvgIpc) is 3.36. The Balaban J connectivity index is 0.000000196.